The lowest BCUT2D eigenvalue weighted by Crippen LogP contribution is -2.45. The molecule has 8 nitrogen and oxygen atoms in total. The van der Waals surface area contributed by atoms with Gasteiger partial charge < -0.3 is 20.1 Å². The van der Waals surface area contributed by atoms with Gasteiger partial charge in [-0.05, 0) is 63.7 Å². The predicted octanol–water partition coefficient (Wildman–Crippen LogP) is 3.81. The second-order valence-electron chi connectivity index (χ2n) is 8.09. The zero-order valence-corrected chi connectivity index (χ0v) is 20.0. The molecule has 0 radical (unpaired) electrons. The maximum atomic E-state index is 12.5. The number of esters is 1. The molecule has 0 aliphatic heterocycles. The number of carbonyl (C=O) groups excluding carboxylic acids is 3. The molecule has 0 aliphatic carbocycles. The van der Waals surface area contributed by atoms with Crippen molar-refractivity contribution in [2.75, 3.05) is 11.9 Å². The molecular formula is C24H29N3O5S. The van der Waals surface area contributed by atoms with Gasteiger partial charge in [-0.3, -0.25) is 10.1 Å². The highest BCUT2D eigenvalue weighted by Crippen LogP contribution is 2.18. The number of alkyl carbamates (subject to hydrolysis) is 1. The minimum atomic E-state index is -0.977. The zero-order chi connectivity index (χ0) is 24.4. The van der Waals surface area contributed by atoms with E-state index in [1.165, 1.54) is 0 Å². The summed E-state index contributed by atoms with van der Waals surface area (Å²) in [6, 6.07) is 14.8. The van der Waals surface area contributed by atoms with E-state index < -0.39 is 23.7 Å². The van der Waals surface area contributed by atoms with Gasteiger partial charge in [-0.25, -0.2) is 9.59 Å². The molecule has 0 fully saturated rings. The van der Waals surface area contributed by atoms with Gasteiger partial charge in [-0.2, -0.15) is 0 Å². The van der Waals surface area contributed by atoms with Crippen LogP contribution in [0, 0.1) is 0 Å². The largest absolute Gasteiger partial charge is 0.464 e. The Hall–Kier alpha value is -3.46. The number of benzene rings is 2. The molecule has 0 bridgehead atoms. The quantitative estimate of drug-likeness (QED) is 0.416. The molecule has 1 atom stereocenters. The molecule has 33 heavy (non-hydrogen) atoms. The number of hydrogen-bond donors (Lipinski definition) is 3. The first-order valence-electron chi connectivity index (χ1n) is 10.5. The molecule has 0 saturated carbocycles. The van der Waals surface area contributed by atoms with E-state index in [0.29, 0.717) is 16.8 Å². The molecule has 0 aliphatic rings. The standard InChI is InChI=1S/C24H29N3O5S/c1-5-31-21(29)19(26-23(30)32-24(2,3)4)15-17-13-9-10-14-18(17)25-22(33)27-20(28)16-11-7-6-8-12-16/h6-14,19H,5,15H2,1-4H3,(H,26,30)(H2,25,27,28,33). The maximum Gasteiger partial charge on any atom is 0.408 e. The molecule has 0 aromatic heterocycles. The average molecular weight is 472 g/mol. The Morgan fingerprint density at radius 2 is 1.64 bits per heavy atom. The first kappa shape index (κ1) is 25.8. The van der Waals surface area contributed by atoms with E-state index in [-0.39, 0.29) is 24.0 Å². The van der Waals surface area contributed by atoms with Gasteiger partial charge in [-0.15, -0.1) is 0 Å². The van der Waals surface area contributed by atoms with Crippen LogP contribution in [0.15, 0.2) is 54.6 Å². The number of ether oxygens (including phenoxy) is 2. The molecule has 2 amide bonds. The van der Waals surface area contributed by atoms with Crippen molar-refractivity contribution < 1.29 is 23.9 Å². The highest BCUT2D eigenvalue weighted by Gasteiger charge is 2.26. The van der Waals surface area contributed by atoms with Gasteiger partial charge in [-0.1, -0.05) is 36.4 Å². The Morgan fingerprint density at radius 3 is 2.27 bits per heavy atom. The lowest BCUT2D eigenvalue weighted by Gasteiger charge is -2.23. The summed E-state index contributed by atoms with van der Waals surface area (Å²) in [5, 5.41) is 8.28. The first-order chi connectivity index (χ1) is 15.6. The van der Waals surface area contributed by atoms with Crippen molar-refractivity contribution in [3.63, 3.8) is 0 Å². The van der Waals surface area contributed by atoms with Crippen LogP contribution in [0.1, 0.15) is 43.6 Å². The van der Waals surface area contributed by atoms with Crippen molar-refractivity contribution in [1.29, 1.82) is 0 Å². The van der Waals surface area contributed by atoms with Gasteiger partial charge in [0.05, 0.1) is 6.61 Å². The van der Waals surface area contributed by atoms with Gasteiger partial charge in [0.1, 0.15) is 11.6 Å². The molecule has 2 aromatic carbocycles. The van der Waals surface area contributed by atoms with Gasteiger partial charge in [0, 0.05) is 17.7 Å². The predicted molar refractivity (Wildman–Crippen MR) is 130 cm³/mol. The summed E-state index contributed by atoms with van der Waals surface area (Å²) in [5.41, 5.74) is 1.02. The number of hydrogen-bond acceptors (Lipinski definition) is 6. The Bertz CT molecular complexity index is 989. The molecular weight excluding hydrogens is 442 g/mol. The summed E-state index contributed by atoms with van der Waals surface area (Å²) in [7, 11) is 0. The maximum absolute atomic E-state index is 12.5. The molecule has 2 rings (SSSR count). The second kappa shape index (κ2) is 12.0. The van der Waals surface area contributed by atoms with Gasteiger partial charge in [0.25, 0.3) is 5.91 Å². The lowest BCUT2D eigenvalue weighted by molar-refractivity contribution is -0.145. The van der Waals surface area contributed by atoms with Crippen LogP contribution in [0.3, 0.4) is 0 Å². The van der Waals surface area contributed by atoms with Crippen molar-refractivity contribution >= 4 is 41.0 Å². The SMILES string of the molecule is CCOC(=O)C(Cc1ccccc1NC(=S)NC(=O)c1ccccc1)NC(=O)OC(C)(C)C. The Labute approximate surface area is 199 Å². The van der Waals surface area contributed by atoms with Crippen LogP contribution in [0.5, 0.6) is 0 Å². The molecule has 0 saturated heterocycles. The van der Waals surface area contributed by atoms with E-state index in [1.807, 2.05) is 6.07 Å². The second-order valence-corrected chi connectivity index (χ2v) is 8.49. The van der Waals surface area contributed by atoms with Crippen LogP contribution in [0.4, 0.5) is 10.5 Å². The first-order valence-corrected chi connectivity index (χ1v) is 10.9. The van der Waals surface area contributed by atoms with Gasteiger partial charge in [0.2, 0.25) is 0 Å². The highest BCUT2D eigenvalue weighted by atomic mass is 32.1. The summed E-state index contributed by atoms with van der Waals surface area (Å²) in [4.78, 5) is 37.1. The molecule has 2 aromatic rings. The summed E-state index contributed by atoms with van der Waals surface area (Å²) in [6.07, 6.45) is -0.604. The van der Waals surface area contributed by atoms with Crippen LogP contribution in [0.25, 0.3) is 0 Å². The third-order valence-electron chi connectivity index (χ3n) is 4.21. The lowest BCUT2D eigenvalue weighted by atomic mass is 10.0. The van der Waals surface area contributed by atoms with E-state index >= 15 is 0 Å². The zero-order valence-electron chi connectivity index (χ0n) is 19.1. The van der Waals surface area contributed by atoms with Crippen LogP contribution in [-0.2, 0) is 20.7 Å². The number of nitrogens with one attached hydrogen (secondary N) is 3. The fraction of sp³-hybridized carbons (Fsp3) is 0.333. The Morgan fingerprint density at radius 1 is 1.00 bits per heavy atom. The monoisotopic (exact) mass is 471 g/mol. The molecule has 9 heteroatoms. The van der Waals surface area contributed by atoms with Crippen LogP contribution < -0.4 is 16.0 Å². The van der Waals surface area contributed by atoms with E-state index in [1.54, 1.807) is 76.2 Å². The number of carbonyl (C=O) groups is 3. The van der Waals surface area contributed by atoms with E-state index in [2.05, 4.69) is 16.0 Å². The van der Waals surface area contributed by atoms with E-state index in [9.17, 15) is 14.4 Å². The van der Waals surface area contributed by atoms with Crippen molar-refractivity contribution in [3.8, 4) is 0 Å². The van der Waals surface area contributed by atoms with Crippen LogP contribution >= 0.6 is 12.2 Å². The highest BCUT2D eigenvalue weighted by molar-refractivity contribution is 7.80. The van der Waals surface area contributed by atoms with Crippen molar-refractivity contribution in [2.45, 2.75) is 45.8 Å². The Balaban J connectivity index is 2.13. The van der Waals surface area contributed by atoms with E-state index in [4.69, 9.17) is 21.7 Å². The average Bonchev–Trinajstić information content (AvgIpc) is 2.74. The summed E-state index contributed by atoms with van der Waals surface area (Å²) in [6.45, 7) is 7.05. The number of amides is 2. The topological polar surface area (TPSA) is 106 Å². The minimum absolute atomic E-state index is 0.101. The fourth-order valence-electron chi connectivity index (χ4n) is 2.84. The summed E-state index contributed by atoms with van der Waals surface area (Å²) < 4.78 is 10.4. The van der Waals surface area contributed by atoms with Crippen molar-refractivity contribution in [3.05, 3.63) is 65.7 Å². The van der Waals surface area contributed by atoms with Gasteiger partial charge >= 0.3 is 12.1 Å². The van der Waals surface area contributed by atoms with Crippen molar-refractivity contribution in [1.82, 2.24) is 10.6 Å². The number of rotatable bonds is 7. The normalized spacial score (nSPS) is 11.6. The fourth-order valence-corrected chi connectivity index (χ4v) is 3.05. The molecule has 0 heterocycles. The third kappa shape index (κ3) is 8.89. The smallest absolute Gasteiger partial charge is 0.408 e. The number of para-hydroxylation sites is 1. The molecule has 0 spiro atoms. The molecule has 176 valence electrons. The Kier molecular flexibility index (Phi) is 9.35. The van der Waals surface area contributed by atoms with E-state index in [0.717, 1.165) is 0 Å². The summed E-state index contributed by atoms with van der Waals surface area (Å²) in [5.74, 6) is -0.931. The van der Waals surface area contributed by atoms with Crippen LogP contribution in [0.2, 0.25) is 0 Å². The molecule has 1 unspecified atom stereocenters. The number of anilines is 1. The van der Waals surface area contributed by atoms with Crippen LogP contribution in [-0.4, -0.2) is 41.3 Å². The van der Waals surface area contributed by atoms with Gasteiger partial charge in [0.15, 0.2) is 5.11 Å². The summed E-state index contributed by atoms with van der Waals surface area (Å²) >= 11 is 5.28. The molecule has 3 N–H and O–H groups in total. The van der Waals surface area contributed by atoms with Crippen molar-refractivity contribution in [2.24, 2.45) is 0 Å². The minimum Gasteiger partial charge on any atom is -0.464 e. The third-order valence-corrected chi connectivity index (χ3v) is 4.42. The number of thiocarbonyl (C=S) groups is 1.